The van der Waals surface area contributed by atoms with E-state index in [4.69, 9.17) is 5.73 Å². The first-order valence-corrected chi connectivity index (χ1v) is 9.02. The molecule has 1 atom stereocenters. The fraction of sp³-hybridized carbons (Fsp3) is 0.600. The molecule has 1 saturated heterocycles. The van der Waals surface area contributed by atoms with Crippen molar-refractivity contribution >= 4 is 9.84 Å². The Bertz CT molecular complexity index is 574. The molecule has 0 radical (unpaired) electrons. The van der Waals surface area contributed by atoms with Gasteiger partial charge in [-0.1, -0.05) is 12.1 Å². The van der Waals surface area contributed by atoms with E-state index in [1.54, 1.807) is 18.2 Å². The van der Waals surface area contributed by atoms with E-state index in [1.807, 2.05) is 6.07 Å². The molecule has 1 unspecified atom stereocenters. The van der Waals surface area contributed by atoms with Gasteiger partial charge in [-0.3, -0.25) is 4.90 Å². The Hall–Kier alpha value is -0.950. The lowest BCUT2D eigenvalue weighted by atomic mass is 10.2. The van der Waals surface area contributed by atoms with Crippen LogP contribution in [0, 0.1) is 0 Å². The van der Waals surface area contributed by atoms with Gasteiger partial charge in [0.15, 0.2) is 9.84 Å². The van der Waals surface area contributed by atoms with Crippen LogP contribution in [0.15, 0.2) is 29.2 Å². The van der Waals surface area contributed by atoms with Crippen LogP contribution in [-0.2, 0) is 16.4 Å². The lowest BCUT2D eigenvalue weighted by Gasteiger charge is -2.37. The topological polar surface area (TPSA) is 66.6 Å². The molecule has 1 aliphatic rings. The van der Waals surface area contributed by atoms with E-state index in [0.717, 1.165) is 25.2 Å². The highest BCUT2D eigenvalue weighted by Crippen LogP contribution is 2.14. The largest absolute Gasteiger partial charge is 0.326 e. The highest BCUT2D eigenvalue weighted by Gasteiger charge is 2.22. The number of likely N-dealkylation sites (N-methyl/N-ethyl adjacent to an activating group) is 1. The molecule has 0 bridgehead atoms. The molecule has 21 heavy (non-hydrogen) atoms. The molecule has 1 fully saturated rings. The number of hydrogen-bond acceptors (Lipinski definition) is 5. The first-order chi connectivity index (χ1) is 9.92. The Balaban J connectivity index is 1.98. The second-order valence-electron chi connectivity index (χ2n) is 5.80. The maximum atomic E-state index is 12.4. The number of piperazine rings is 1. The van der Waals surface area contributed by atoms with E-state index >= 15 is 0 Å². The molecule has 0 aromatic heterocycles. The quantitative estimate of drug-likeness (QED) is 0.860. The molecule has 1 heterocycles. The molecule has 1 aliphatic heterocycles. The number of nitrogens with two attached hydrogens (primary N) is 1. The van der Waals surface area contributed by atoms with E-state index in [-0.39, 0.29) is 5.75 Å². The van der Waals surface area contributed by atoms with Gasteiger partial charge in [0, 0.05) is 38.8 Å². The number of rotatable bonds is 5. The molecule has 0 amide bonds. The summed E-state index contributed by atoms with van der Waals surface area (Å²) in [5, 5.41) is 0. The average Bonchev–Trinajstić information content (AvgIpc) is 2.48. The molecule has 0 saturated carbocycles. The Morgan fingerprint density at radius 1 is 1.33 bits per heavy atom. The van der Waals surface area contributed by atoms with Crippen molar-refractivity contribution < 1.29 is 8.42 Å². The van der Waals surface area contributed by atoms with Gasteiger partial charge in [0.25, 0.3) is 0 Å². The molecule has 5 nitrogen and oxygen atoms in total. The molecular weight excluding hydrogens is 286 g/mol. The highest BCUT2D eigenvalue weighted by molar-refractivity contribution is 7.91. The highest BCUT2D eigenvalue weighted by atomic mass is 32.2. The number of nitrogens with zero attached hydrogens (tertiary/aromatic N) is 2. The second kappa shape index (κ2) is 6.87. The molecule has 6 heteroatoms. The van der Waals surface area contributed by atoms with E-state index in [2.05, 4.69) is 23.8 Å². The maximum Gasteiger partial charge on any atom is 0.179 e. The summed E-state index contributed by atoms with van der Waals surface area (Å²) in [6.45, 7) is 5.97. The van der Waals surface area contributed by atoms with Gasteiger partial charge in [-0.25, -0.2) is 8.42 Å². The van der Waals surface area contributed by atoms with E-state index in [0.29, 0.717) is 24.0 Å². The predicted octanol–water partition coefficient (Wildman–Crippen LogP) is 0.555. The Morgan fingerprint density at radius 2 is 2.10 bits per heavy atom. The third kappa shape index (κ3) is 4.26. The van der Waals surface area contributed by atoms with Crippen molar-refractivity contribution in [1.82, 2.24) is 9.80 Å². The SMILES string of the molecule is CC1CN(CCS(=O)(=O)c2cccc(CN)c2)CCN1C. The van der Waals surface area contributed by atoms with Crippen LogP contribution in [0.1, 0.15) is 12.5 Å². The van der Waals surface area contributed by atoms with Gasteiger partial charge in [-0.05, 0) is 31.7 Å². The zero-order valence-corrected chi connectivity index (χ0v) is 13.6. The van der Waals surface area contributed by atoms with Crippen LogP contribution in [0.3, 0.4) is 0 Å². The Labute approximate surface area is 127 Å². The third-order valence-electron chi connectivity index (χ3n) is 4.21. The Kier molecular flexibility index (Phi) is 5.37. The van der Waals surface area contributed by atoms with Crippen molar-refractivity contribution in [2.45, 2.75) is 24.4 Å². The van der Waals surface area contributed by atoms with Crippen molar-refractivity contribution in [2.24, 2.45) is 5.73 Å². The maximum absolute atomic E-state index is 12.4. The van der Waals surface area contributed by atoms with E-state index < -0.39 is 9.84 Å². The van der Waals surface area contributed by atoms with E-state index in [1.165, 1.54) is 0 Å². The van der Waals surface area contributed by atoms with Crippen LogP contribution < -0.4 is 5.73 Å². The zero-order chi connectivity index (χ0) is 15.5. The summed E-state index contributed by atoms with van der Waals surface area (Å²) in [5.74, 6) is 0.164. The fourth-order valence-electron chi connectivity index (χ4n) is 2.56. The summed E-state index contributed by atoms with van der Waals surface area (Å²) in [5.41, 5.74) is 6.42. The minimum Gasteiger partial charge on any atom is -0.326 e. The molecule has 0 spiro atoms. The monoisotopic (exact) mass is 311 g/mol. The first-order valence-electron chi connectivity index (χ1n) is 7.37. The Morgan fingerprint density at radius 3 is 2.76 bits per heavy atom. The summed E-state index contributed by atoms with van der Waals surface area (Å²) >= 11 is 0. The van der Waals surface area contributed by atoms with Gasteiger partial charge in [-0.15, -0.1) is 0 Å². The van der Waals surface area contributed by atoms with Crippen molar-refractivity contribution in [3.05, 3.63) is 29.8 Å². The first kappa shape index (κ1) is 16.4. The average molecular weight is 311 g/mol. The van der Waals surface area contributed by atoms with Gasteiger partial charge in [0.1, 0.15) is 0 Å². The lowest BCUT2D eigenvalue weighted by Crippen LogP contribution is -2.50. The fourth-order valence-corrected chi connectivity index (χ4v) is 3.91. The summed E-state index contributed by atoms with van der Waals surface area (Å²) < 4.78 is 24.8. The van der Waals surface area contributed by atoms with Gasteiger partial charge in [0.2, 0.25) is 0 Å². The van der Waals surface area contributed by atoms with Gasteiger partial charge < -0.3 is 10.6 Å². The van der Waals surface area contributed by atoms with Gasteiger partial charge in [-0.2, -0.15) is 0 Å². The van der Waals surface area contributed by atoms with Crippen LogP contribution in [0.5, 0.6) is 0 Å². The molecule has 2 N–H and O–H groups in total. The number of hydrogen-bond donors (Lipinski definition) is 1. The standard InChI is InChI=1S/C15H25N3O2S/c1-13-12-18(7-6-17(13)2)8-9-21(19,20)15-5-3-4-14(10-15)11-16/h3-5,10,13H,6-9,11-12,16H2,1-2H3. The normalized spacial score (nSPS) is 21.6. The number of benzene rings is 1. The van der Waals surface area contributed by atoms with Crippen molar-refractivity contribution in [2.75, 3.05) is 39.0 Å². The minimum absolute atomic E-state index is 0.164. The summed E-state index contributed by atoms with van der Waals surface area (Å²) in [6.07, 6.45) is 0. The van der Waals surface area contributed by atoms with Crippen LogP contribution in [0.4, 0.5) is 0 Å². The molecule has 1 aromatic rings. The second-order valence-corrected chi connectivity index (χ2v) is 7.91. The van der Waals surface area contributed by atoms with Gasteiger partial charge in [0.05, 0.1) is 10.6 Å². The minimum atomic E-state index is -3.23. The van der Waals surface area contributed by atoms with Crippen molar-refractivity contribution in [3.63, 3.8) is 0 Å². The van der Waals surface area contributed by atoms with Crippen LogP contribution in [-0.4, -0.2) is 63.2 Å². The van der Waals surface area contributed by atoms with Crippen LogP contribution in [0.2, 0.25) is 0 Å². The van der Waals surface area contributed by atoms with Crippen molar-refractivity contribution in [3.8, 4) is 0 Å². The number of sulfone groups is 1. The lowest BCUT2D eigenvalue weighted by molar-refractivity contribution is 0.110. The summed E-state index contributed by atoms with van der Waals surface area (Å²) in [6, 6.07) is 7.42. The third-order valence-corrected chi connectivity index (χ3v) is 5.91. The van der Waals surface area contributed by atoms with Crippen molar-refractivity contribution in [1.29, 1.82) is 0 Å². The molecule has 0 aliphatic carbocycles. The summed E-state index contributed by atoms with van der Waals surface area (Å²) in [7, 11) is -1.13. The van der Waals surface area contributed by atoms with Gasteiger partial charge >= 0.3 is 0 Å². The zero-order valence-electron chi connectivity index (χ0n) is 12.8. The molecule has 1 aromatic carbocycles. The molecule has 2 rings (SSSR count). The predicted molar refractivity (Wildman–Crippen MR) is 84.9 cm³/mol. The molecular formula is C15H25N3O2S. The molecule has 118 valence electrons. The summed E-state index contributed by atoms with van der Waals surface area (Å²) in [4.78, 5) is 4.91. The smallest absolute Gasteiger partial charge is 0.179 e. The van der Waals surface area contributed by atoms with Crippen LogP contribution in [0.25, 0.3) is 0 Å². The van der Waals surface area contributed by atoms with Crippen LogP contribution >= 0.6 is 0 Å². The van der Waals surface area contributed by atoms with E-state index in [9.17, 15) is 8.42 Å².